The lowest BCUT2D eigenvalue weighted by Crippen LogP contribution is -2.10. The maximum atomic E-state index is 12.6. The Balaban J connectivity index is 1.32. The van der Waals surface area contributed by atoms with Crippen LogP contribution in [0.1, 0.15) is 26.4 Å². The van der Waals surface area contributed by atoms with Gasteiger partial charge in [-0.1, -0.05) is 29.8 Å². The predicted octanol–water partition coefficient (Wildman–Crippen LogP) is 5.90. The second-order valence-corrected chi connectivity index (χ2v) is 8.76. The predicted molar refractivity (Wildman–Crippen MR) is 123 cm³/mol. The van der Waals surface area contributed by atoms with Gasteiger partial charge in [0, 0.05) is 17.4 Å². The Morgan fingerprint density at radius 1 is 1.13 bits per heavy atom. The molecule has 0 saturated heterocycles. The normalized spacial score (nSPS) is 10.7. The fourth-order valence-corrected chi connectivity index (χ4v) is 3.99. The molecule has 0 radical (unpaired) electrons. The van der Waals surface area contributed by atoms with Crippen molar-refractivity contribution in [3.05, 3.63) is 98.4 Å². The minimum absolute atomic E-state index is 0.120. The molecule has 0 unspecified atom stereocenters. The Morgan fingerprint density at radius 2 is 1.90 bits per heavy atom. The zero-order chi connectivity index (χ0) is 20.9. The molecule has 0 bridgehead atoms. The molecular formula is C23H20BrN3O2S. The Bertz CT molecular complexity index is 1130. The molecular weight excluding hydrogens is 462 g/mol. The third kappa shape index (κ3) is 5.37. The largest absolute Gasteiger partial charge is 0.489 e. The van der Waals surface area contributed by atoms with Crippen molar-refractivity contribution in [1.29, 1.82) is 0 Å². The number of halogens is 1. The zero-order valence-corrected chi connectivity index (χ0v) is 18.7. The van der Waals surface area contributed by atoms with Gasteiger partial charge in [-0.3, -0.25) is 9.48 Å². The molecule has 0 spiro atoms. The summed E-state index contributed by atoms with van der Waals surface area (Å²) in [5.74, 6) is 0.700. The van der Waals surface area contributed by atoms with Crippen molar-refractivity contribution >= 4 is 38.9 Å². The number of aryl methyl sites for hydroxylation is 1. The number of carbonyl (C=O) groups is 1. The van der Waals surface area contributed by atoms with Gasteiger partial charge in [0.05, 0.1) is 22.1 Å². The van der Waals surface area contributed by atoms with Crippen LogP contribution in [0.4, 0.5) is 5.69 Å². The lowest BCUT2D eigenvalue weighted by atomic mass is 10.2. The molecule has 0 fully saturated rings. The van der Waals surface area contributed by atoms with Crippen molar-refractivity contribution in [2.45, 2.75) is 20.1 Å². The Labute approximate surface area is 187 Å². The minimum atomic E-state index is -0.120. The highest BCUT2D eigenvalue weighted by Gasteiger charge is 2.10. The lowest BCUT2D eigenvalue weighted by Gasteiger charge is -2.06. The first kappa shape index (κ1) is 20.4. The first-order chi connectivity index (χ1) is 14.5. The van der Waals surface area contributed by atoms with E-state index in [-0.39, 0.29) is 5.91 Å². The zero-order valence-electron chi connectivity index (χ0n) is 16.3. The highest BCUT2D eigenvalue weighted by molar-refractivity contribution is 9.10. The second kappa shape index (κ2) is 9.28. The number of anilines is 1. The fraction of sp³-hybridized carbons (Fsp3) is 0.130. The van der Waals surface area contributed by atoms with Crippen LogP contribution in [0.25, 0.3) is 0 Å². The van der Waals surface area contributed by atoms with Crippen molar-refractivity contribution in [1.82, 2.24) is 9.78 Å². The summed E-state index contributed by atoms with van der Waals surface area (Å²) in [6.07, 6.45) is 3.68. The molecule has 4 aromatic rings. The number of hydrogen-bond donors (Lipinski definition) is 1. The van der Waals surface area contributed by atoms with E-state index in [9.17, 15) is 4.79 Å². The van der Waals surface area contributed by atoms with Crippen LogP contribution in [0, 0.1) is 6.92 Å². The van der Waals surface area contributed by atoms with Crippen LogP contribution in [0.3, 0.4) is 0 Å². The molecule has 2 heterocycles. The molecule has 2 aromatic heterocycles. The van der Waals surface area contributed by atoms with E-state index in [1.54, 1.807) is 6.20 Å². The van der Waals surface area contributed by atoms with Crippen molar-refractivity contribution in [2.75, 3.05) is 5.32 Å². The Morgan fingerprint density at radius 3 is 2.60 bits per heavy atom. The van der Waals surface area contributed by atoms with Gasteiger partial charge >= 0.3 is 0 Å². The summed E-state index contributed by atoms with van der Waals surface area (Å²) in [4.78, 5) is 13.2. The van der Waals surface area contributed by atoms with Gasteiger partial charge in [0.15, 0.2) is 0 Å². The third-order valence-corrected chi connectivity index (χ3v) is 5.85. The third-order valence-electron chi connectivity index (χ3n) is 4.46. The van der Waals surface area contributed by atoms with E-state index in [2.05, 4.69) is 26.3 Å². The summed E-state index contributed by atoms with van der Waals surface area (Å²) in [6.45, 7) is 3.15. The van der Waals surface area contributed by atoms with Crippen molar-refractivity contribution < 1.29 is 9.53 Å². The summed E-state index contributed by atoms with van der Waals surface area (Å²) >= 11 is 4.81. The number of thiophene rings is 1. The average Bonchev–Trinajstić information content (AvgIpc) is 3.38. The number of rotatable bonds is 7. The van der Waals surface area contributed by atoms with Gasteiger partial charge in [0.25, 0.3) is 5.91 Å². The van der Waals surface area contributed by atoms with Gasteiger partial charge in [-0.2, -0.15) is 5.10 Å². The van der Waals surface area contributed by atoms with E-state index in [1.165, 1.54) is 16.9 Å². The smallest absolute Gasteiger partial charge is 0.265 e. The number of ether oxygens (including phenoxy) is 1. The number of aromatic nitrogens is 2. The quantitative estimate of drug-likeness (QED) is 0.357. The van der Waals surface area contributed by atoms with Gasteiger partial charge in [0.1, 0.15) is 12.4 Å². The van der Waals surface area contributed by atoms with Crippen LogP contribution < -0.4 is 10.1 Å². The number of amides is 1. The summed E-state index contributed by atoms with van der Waals surface area (Å²) in [7, 11) is 0. The molecule has 30 heavy (non-hydrogen) atoms. The van der Waals surface area contributed by atoms with Gasteiger partial charge < -0.3 is 10.1 Å². The summed E-state index contributed by atoms with van der Waals surface area (Å²) in [5, 5.41) is 9.15. The fourth-order valence-electron chi connectivity index (χ4n) is 2.87. The molecule has 7 heteroatoms. The van der Waals surface area contributed by atoms with Crippen molar-refractivity contribution in [3.63, 3.8) is 0 Å². The van der Waals surface area contributed by atoms with Crippen LogP contribution in [0.5, 0.6) is 5.75 Å². The lowest BCUT2D eigenvalue weighted by molar-refractivity contribution is 0.103. The Hall–Kier alpha value is -2.90. The van der Waals surface area contributed by atoms with E-state index in [0.29, 0.717) is 18.0 Å². The summed E-state index contributed by atoms with van der Waals surface area (Å²) in [5.41, 5.74) is 4.04. The maximum absolute atomic E-state index is 12.6. The minimum Gasteiger partial charge on any atom is -0.489 e. The average molecular weight is 482 g/mol. The highest BCUT2D eigenvalue weighted by atomic mass is 79.9. The van der Waals surface area contributed by atoms with E-state index < -0.39 is 0 Å². The number of nitrogens with one attached hydrogen (secondary N) is 1. The number of carbonyl (C=O) groups excluding carboxylic acids is 1. The van der Waals surface area contributed by atoms with Crippen LogP contribution in [0.2, 0.25) is 0 Å². The summed E-state index contributed by atoms with van der Waals surface area (Å²) in [6, 6.07) is 17.6. The number of nitrogens with zero attached hydrogens (tertiary/aromatic N) is 2. The van der Waals surface area contributed by atoms with Crippen LogP contribution >= 0.6 is 27.3 Å². The molecule has 0 aliphatic rings. The number of hydrogen-bond acceptors (Lipinski definition) is 4. The maximum Gasteiger partial charge on any atom is 0.265 e. The van der Waals surface area contributed by atoms with Crippen LogP contribution in [-0.2, 0) is 13.2 Å². The standard InChI is InChI=1S/C23H20BrN3O2S/c1-16-2-8-21(9-3-16)29-14-18-10-22(30-15-18)23(28)26-20-6-4-17(5-7-20)12-27-13-19(24)11-25-27/h2-11,13,15H,12,14H2,1H3,(H,26,28). The first-order valence-corrected chi connectivity index (χ1v) is 11.1. The molecule has 2 aromatic carbocycles. The number of benzene rings is 2. The van der Waals surface area contributed by atoms with Crippen molar-refractivity contribution in [2.24, 2.45) is 0 Å². The van der Waals surface area contributed by atoms with Crippen molar-refractivity contribution in [3.8, 4) is 5.75 Å². The second-order valence-electron chi connectivity index (χ2n) is 6.93. The topological polar surface area (TPSA) is 56.1 Å². The molecule has 0 aliphatic carbocycles. The van der Waals surface area contributed by atoms with E-state index in [1.807, 2.05) is 77.8 Å². The summed E-state index contributed by atoms with van der Waals surface area (Å²) < 4.78 is 8.59. The molecule has 1 N–H and O–H groups in total. The van der Waals surface area contributed by atoms with Gasteiger partial charge in [-0.15, -0.1) is 11.3 Å². The molecule has 5 nitrogen and oxygen atoms in total. The molecule has 152 valence electrons. The molecule has 0 atom stereocenters. The molecule has 0 aliphatic heterocycles. The Kier molecular flexibility index (Phi) is 6.30. The van der Waals surface area contributed by atoms with Crippen LogP contribution in [-0.4, -0.2) is 15.7 Å². The van der Waals surface area contributed by atoms with Crippen LogP contribution in [0.15, 0.2) is 76.8 Å². The van der Waals surface area contributed by atoms with Gasteiger partial charge in [-0.05, 0) is 64.1 Å². The van der Waals surface area contributed by atoms with Gasteiger partial charge in [-0.25, -0.2) is 0 Å². The van der Waals surface area contributed by atoms with E-state index in [4.69, 9.17) is 4.74 Å². The first-order valence-electron chi connectivity index (χ1n) is 9.40. The molecule has 0 saturated carbocycles. The van der Waals surface area contributed by atoms with Gasteiger partial charge in [0.2, 0.25) is 0 Å². The van der Waals surface area contributed by atoms with E-state index in [0.717, 1.165) is 27.0 Å². The SMILES string of the molecule is Cc1ccc(OCc2csc(C(=O)Nc3ccc(Cn4cc(Br)cn4)cc3)c2)cc1. The van der Waals surface area contributed by atoms with E-state index >= 15 is 0 Å². The molecule has 4 rings (SSSR count). The monoisotopic (exact) mass is 481 g/mol. The highest BCUT2D eigenvalue weighted by Crippen LogP contribution is 2.20. The molecule has 1 amide bonds.